The molecule has 31 heavy (non-hydrogen) atoms. The predicted molar refractivity (Wildman–Crippen MR) is 110 cm³/mol. The molecule has 1 aliphatic heterocycles. The van der Waals surface area contributed by atoms with Gasteiger partial charge in [0.15, 0.2) is 0 Å². The van der Waals surface area contributed by atoms with Crippen LogP contribution in [0.25, 0.3) is 0 Å². The van der Waals surface area contributed by atoms with E-state index in [1.165, 1.54) is 6.92 Å². The van der Waals surface area contributed by atoms with Gasteiger partial charge in [0, 0.05) is 39.6 Å². The Labute approximate surface area is 209 Å². The van der Waals surface area contributed by atoms with E-state index in [-0.39, 0.29) is 59.4 Å². The molecule has 1 rings (SSSR count). The Bertz CT molecular complexity index is 717. The molecule has 3 unspecified atom stereocenters. The van der Waals surface area contributed by atoms with E-state index < -0.39 is 42.4 Å². The van der Waals surface area contributed by atoms with Crippen LogP contribution < -0.4 is 0 Å². The van der Waals surface area contributed by atoms with Gasteiger partial charge >= 0.3 is 144 Å². The van der Waals surface area contributed by atoms with Crippen LogP contribution in [0.4, 0.5) is 0 Å². The van der Waals surface area contributed by atoms with Gasteiger partial charge in [0.1, 0.15) is 0 Å². The molecule has 0 aromatic rings. The van der Waals surface area contributed by atoms with Gasteiger partial charge in [0.25, 0.3) is 0 Å². The molecule has 13 nitrogen and oxygen atoms in total. The van der Waals surface area contributed by atoms with E-state index in [1.54, 1.807) is 13.1 Å². The normalized spacial score (nSPS) is 26.3. The third-order valence-corrected chi connectivity index (χ3v) is 7.24. The summed E-state index contributed by atoms with van der Waals surface area (Å²) in [6, 6.07) is 1.75. The number of nitriles is 1. The number of phosphoric acid groups is 3. The van der Waals surface area contributed by atoms with Crippen molar-refractivity contribution in [3.05, 3.63) is 14.9 Å². The van der Waals surface area contributed by atoms with Crippen molar-refractivity contribution in [1.29, 1.82) is 5.26 Å². The summed E-state index contributed by atoms with van der Waals surface area (Å²) in [5.41, 5.74) is 0. The molecule has 181 valence electrons. The predicted octanol–water partition coefficient (Wildman–Crippen LogP) is 3.08. The maximum absolute atomic E-state index is 11.7. The molecule has 6 atom stereocenters. The van der Waals surface area contributed by atoms with Gasteiger partial charge < -0.3 is 14.9 Å². The molecule has 0 aliphatic carbocycles. The molecule has 0 amide bonds. The minimum atomic E-state index is -5.52. The van der Waals surface area contributed by atoms with Crippen LogP contribution in [0.15, 0.2) is 4.90 Å². The first-order valence-corrected chi connectivity index (χ1v) is 12.5. The summed E-state index contributed by atoms with van der Waals surface area (Å²) >= 11 is 0. The number of rotatable bonds is 9. The molecule has 0 saturated carbocycles. The summed E-state index contributed by atoms with van der Waals surface area (Å²) in [5.74, 6) is -0.108. The van der Waals surface area contributed by atoms with Crippen molar-refractivity contribution < 1.29 is 83.9 Å². The Morgan fingerprint density at radius 3 is 1.97 bits per heavy atom. The fourth-order valence-corrected chi connectivity index (χ4v) is 5.10. The monoisotopic (exact) mass is 583 g/mol. The molecule has 1 radical (unpaired) electrons. The van der Waals surface area contributed by atoms with Crippen molar-refractivity contribution in [3.8, 4) is 6.07 Å². The van der Waals surface area contributed by atoms with Crippen LogP contribution in [0.2, 0.25) is 6.32 Å². The summed E-state index contributed by atoms with van der Waals surface area (Å²) in [5, 5.41) is 7.32. The van der Waals surface area contributed by atoms with E-state index in [1.807, 2.05) is 20.8 Å². The van der Waals surface area contributed by atoms with Crippen molar-refractivity contribution in [2.45, 2.75) is 46.3 Å². The van der Waals surface area contributed by atoms with Crippen molar-refractivity contribution in [1.82, 2.24) is 0 Å². The van der Waals surface area contributed by atoms with Crippen LogP contribution in [-0.4, -0.2) is 45.6 Å². The Morgan fingerprint density at radius 2 is 1.55 bits per heavy atom. The molecular formula is C13H30BN2O11P3Y-2. The van der Waals surface area contributed by atoms with Gasteiger partial charge in [-0.1, -0.05) is 0 Å². The summed E-state index contributed by atoms with van der Waals surface area (Å²) in [7, 11) is -14.4. The van der Waals surface area contributed by atoms with E-state index in [0.29, 0.717) is 6.32 Å². The van der Waals surface area contributed by atoms with Gasteiger partial charge in [0.2, 0.25) is 0 Å². The third-order valence-electron chi connectivity index (χ3n) is 3.43. The largest absolute Gasteiger partial charge is 0.358 e. The van der Waals surface area contributed by atoms with Crippen LogP contribution in [0, 0.1) is 38.0 Å². The molecule has 1 heterocycles. The smallest absolute Gasteiger partial charge is 0 e. The fourth-order valence-electron chi connectivity index (χ4n) is 2.07. The van der Waals surface area contributed by atoms with E-state index >= 15 is 0 Å². The van der Waals surface area contributed by atoms with Gasteiger partial charge in [0.05, 0.1) is 6.07 Å². The average Bonchev–Trinajstić information content (AvgIpc) is 2.76. The van der Waals surface area contributed by atoms with Crippen molar-refractivity contribution in [2.24, 2.45) is 16.7 Å². The molecule has 0 aromatic heterocycles. The van der Waals surface area contributed by atoms with Gasteiger partial charge in [-0.05, 0) is 0 Å². The maximum atomic E-state index is 11.7. The first-order valence-electron chi connectivity index (χ1n) is 7.94. The zero-order chi connectivity index (χ0) is 22.2. The Balaban J connectivity index is -0.000000572. The minimum absolute atomic E-state index is 0. The Morgan fingerprint density at radius 1 is 1.06 bits per heavy atom. The Kier molecular flexibility index (Phi) is 21.8. The van der Waals surface area contributed by atoms with E-state index in [9.17, 15) is 18.6 Å². The molecule has 0 bridgehead atoms. The summed E-state index contributed by atoms with van der Waals surface area (Å²) in [6.45, 7) is 6.57. The van der Waals surface area contributed by atoms with Crippen molar-refractivity contribution in [3.63, 3.8) is 0 Å². The molecule has 1 saturated heterocycles. The van der Waals surface area contributed by atoms with Crippen molar-refractivity contribution in [2.75, 3.05) is 6.61 Å². The molecule has 0 spiro atoms. The average molecular weight is 583 g/mol. The number of ether oxygens (including phenoxy) is 1. The second kappa shape index (κ2) is 17.3. The first kappa shape index (κ1) is 39.1. The van der Waals surface area contributed by atoms with E-state index in [0.717, 1.165) is 0 Å². The zero-order valence-electron chi connectivity index (χ0n) is 18.3. The molecule has 18 heteroatoms. The molecule has 1 fully saturated rings. The maximum Gasteiger partial charge on any atom is 0 e. The summed E-state index contributed by atoms with van der Waals surface area (Å²) < 4.78 is 50.9. The number of hydrogen-bond donors (Lipinski definition) is 4. The van der Waals surface area contributed by atoms with Crippen LogP contribution in [0.5, 0.6) is 0 Å². The van der Waals surface area contributed by atoms with Crippen LogP contribution in [0.1, 0.15) is 27.7 Å². The standard InChI is InChI=1S/C9H21BNO11P3.C2H3N.2CH3.Y/c1-4-10-11-9-7(3)6(2)8(20-9)5-19-24(15,16)22-25(17,18)21-23(12,13)14;1-2-3;;;/h6-9H,4-5H2,1-3H3,(H,15,16)(H,17,18)(H2,12,13,14);1H3;2*1H3;/q;;2*-1;/t6?,7-,8+,9+;;;;/m0..../s1. The second-order valence-electron chi connectivity index (χ2n) is 5.63. The Hall–Kier alpha value is 0.829. The number of hydrogen-bond acceptors (Lipinski definition) is 9. The second-order valence-corrected chi connectivity index (χ2v) is 10.1. The summed E-state index contributed by atoms with van der Waals surface area (Å²) in [6.07, 6.45) is -0.379. The number of phosphoric ester groups is 1. The van der Waals surface area contributed by atoms with Gasteiger partial charge in [-0.25, -0.2) is 0 Å². The van der Waals surface area contributed by atoms with Gasteiger partial charge in [-0.2, -0.15) is 5.26 Å². The molecule has 4 N–H and O–H groups in total. The topological polar surface area (TPSA) is 205 Å². The van der Waals surface area contributed by atoms with E-state index in [4.69, 9.17) is 24.7 Å². The molecule has 1 aliphatic rings. The minimum Gasteiger partial charge on any atom is -0.358 e. The summed E-state index contributed by atoms with van der Waals surface area (Å²) in [4.78, 5) is 39.6. The first-order chi connectivity index (χ1) is 12.7. The SMILES string of the molecule is CC#N.CCB=N[C@@H]1O[C@H](COP(=O)(O)OP(=O)(O)OP(=O)(O)O)C(C)[C@@H]1C.[CH3-].[CH3-].[Y]. The van der Waals surface area contributed by atoms with Crippen LogP contribution in [0.3, 0.4) is 0 Å². The number of nitrogens with zero attached hydrogens (tertiary/aromatic N) is 2. The van der Waals surface area contributed by atoms with E-state index in [2.05, 4.69) is 18.0 Å². The zero-order valence-corrected chi connectivity index (χ0v) is 23.8. The molecule has 0 aromatic carbocycles. The quantitative estimate of drug-likeness (QED) is 0.176. The molecular weight excluding hydrogens is 553 g/mol. The third kappa shape index (κ3) is 17.0. The van der Waals surface area contributed by atoms with Gasteiger partial charge in [-0.15, -0.1) is 0 Å². The van der Waals surface area contributed by atoms with Crippen LogP contribution in [-0.2, 0) is 64.3 Å². The van der Waals surface area contributed by atoms with Crippen molar-refractivity contribution >= 4 is 30.5 Å². The van der Waals surface area contributed by atoms with Crippen LogP contribution >= 0.6 is 23.5 Å². The fraction of sp³-hybridized carbons (Fsp3) is 0.769. The van der Waals surface area contributed by atoms with Gasteiger partial charge in [-0.3, -0.25) is 0 Å².